The van der Waals surface area contributed by atoms with Gasteiger partial charge in [0.25, 0.3) is 0 Å². The molecule has 0 amide bonds. The van der Waals surface area contributed by atoms with E-state index in [0.717, 1.165) is 18.4 Å². The summed E-state index contributed by atoms with van der Waals surface area (Å²) >= 11 is 0. The van der Waals surface area contributed by atoms with Crippen LogP contribution in [0.1, 0.15) is 123 Å². The highest BCUT2D eigenvalue weighted by atomic mass is 31.2. The second-order valence-electron chi connectivity index (χ2n) is 11.2. The van der Waals surface area contributed by atoms with Crippen LogP contribution in [0, 0.1) is 0 Å². The molecule has 39 heavy (non-hydrogen) atoms. The monoisotopic (exact) mass is 570 g/mol. The summed E-state index contributed by atoms with van der Waals surface area (Å²) < 4.78 is 36.7. The number of carbonyl (C=O) groups is 1. The van der Waals surface area contributed by atoms with Crippen molar-refractivity contribution in [1.82, 2.24) is 0 Å². The number of rotatable bonds is 23. The molecule has 2 rings (SSSR count). The lowest BCUT2D eigenvalue weighted by Crippen LogP contribution is -2.38. The van der Waals surface area contributed by atoms with Gasteiger partial charge in [-0.25, -0.2) is 9.13 Å². The normalized spacial score (nSPS) is 19.5. The highest BCUT2D eigenvalue weighted by Gasteiger charge is 2.45. The molecule has 0 aliphatic carbocycles. The van der Waals surface area contributed by atoms with E-state index in [1.807, 2.05) is 29.1 Å². The fourth-order valence-corrected chi connectivity index (χ4v) is 6.12. The van der Waals surface area contributed by atoms with Crippen molar-refractivity contribution in [3.63, 3.8) is 0 Å². The summed E-state index contributed by atoms with van der Waals surface area (Å²) in [6.07, 6.45) is 20.5. The molecule has 0 saturated carbocycles. The van der Waals surface area contributed by atoms with Crippen LogP contribution < -0.4 is 4.57 Å². The van der Waals surface area contributed by atoms with Gasteiger partial charge in [0.2, 0.25) is 0 Å². The van der Waals surface area contributed by atoms with Gasteiger partial charge in [0.05, 0.1) is 18.3 Å². The van der Waals surface area contributed by atoms with E-state index in [1.165, 1.54) is 84.0 Å². The summed E-state index contributed by atoms with van der Waals surface area (Å²) in [6, 6.07) is 3.71. The summed E-state index contributed by atoms with van der Waals surface area (Å²) in [5.41, 5.74) is -0.176. The number of carbonyl (C=O) groups excluding carboxylic acids is 1. The molecular weight excluding hydrogens is 517 g/mol. The van der Waals surface area contributed by atoms with E-state index < -0.39 is 31.6 Å². The van der Waals surface area contributed by atoms with Gasteiger partial charge in [-0.1, -0.05) is 90.4 Å². The Morgan fingerprint density at radius 3 is 2.13 bits per heavy atom. The van der Waals surface area contributed by atoms with Crippen LogP contribution >= 0.6 is 7.82 Å². The first-order valence-electron chi connectivity index (χ1n) is 15.1. The van der Waals surface area contributed by atoms with E-state index >= 15 is 0 Å². The molecule has 0 aromatic carbocycles. The van der Waals surface area contributed by atoms with Crippen molar-refractivity contribution >= 4 is 13.8 Å². The molecule has 1 aliphatic heterocycles. The standard InChI is InChI=1S/C30H52NO7P/c1-5-6-7-8-9-10-11-12-13-14-15-16-17-18-22-35-26(2)29(37-27(3)32)24-36-39(33,34)38-30(4)25-31-21-19-20-28(30)23-31/h19-21,23,26,29H,5-18,22,24-25H2,1-4H3/p+1. The van der Waals surface area contributed by atoms with E-state index in [1.54, 1.807) is 13.8 Å². The molecule has 9 heteroatoms. The smallest absolute Gasteiger partial charge is 0.457 e. The SMILES string of the molecule is CCCCCCCCCCCCCCCCOC(C)C(COP(=O)(O)OC1(C)C[n+]2cccc1c2)OC(C)=O. The maximum atomic E-state index is 12.7. The lowest BCUT2D eigenvalue weighted by Gasteiger charge is -2.27. The number of hydrogen-bond acceptors (Lipinski definition) is 6. The molecule has 0 radical (unpaired) electrons. The van der Waals surface area contributed by atoms with Crippen LogP contribution in [0.2, 0.25) is 0 Å². The third-order valence-electron chi connectivity index (χ3n) is 7.39. The van der Waals surface area contributed by atoms with Gasteiger partial charge < -0.3 is 14.4 Å². The molecule has 1 N–H and O–H groups in total. The predicted octanol–water partition coefficient (Wildman–Crippen LogP) is 7.15. The van der Waals surface area contributed by atoms with Crippen LogP contribution in [0.3, 0.4) is 0 Å². The van der Waals surface area contributed by atoms with Gasteiger partial charge in [-0.2, -0.15) is 0 Å². The number of fused-ring (bicyclic) bond motifs is 2. The number of nitrogens with zero attached hydrogens (tertiary/aromatic N) is 1. The molecule has 224 valence electrons. The summed E-state index contributed by atoms with van der Waals surface area (Å²) in [4.78, 5) is 22.0. The molecule has 1 aliphatic rings. The second-order valence-corrected chi connectivity index (χ2v) is 12.5. The van der Waals surface area contributed by atoms with Crippen molar-refractivity contribution in [1.29, 1.82) is 0 Å². The van der Waals surface area contributed by atoms with E-state index in [4.69, 9.17) is 18.5 Å². The first-order valence-corrected chi connectivity index (χ1v) is 16.6. The Kier molecular flexibility index (Phi) is 15.8. The van der Waals surface area contributed by atoms with E-state index in [0.29, 0.717) is 13.2 Å². The third kappa shape index (κ3) is 13.7. The van der Waals surface area contributed by atoms with Gasteiger partial charge in [-0.3, -0.25) is 13.8 Å². The quantitative estimate of drug-likeness (QED) is 0.0646. The van der Waals surface area contributed by atoms with Crippen molar-refractivity contribution in [2.45, 2.75) is 142 Å². The molecule has 2 bridgehead atoms. The zero-order chi connectivity index (χ0) is 28.6. The molecule has 2 heterocycles. The number of phosphoric acid groups is 1. The minimum atomic E-state index is -4.42. The fourth-order valence-electron chi connectivity index (χ4n) is 5.05. The molecule has 1 aromatic heterocycles. The number of aromatic nitrogens is 1. The van der Waals surface area contributed by atoms with Gasteiger partial charge in [-0.05, 0) is 26.3 Å². The first kappa shape index (κ1) is 33.9. The minimum Gasteiger partial charge on any atom is -0.457 e. The van der Waals surface area contributed by atoms with Gasteiger partial charge in [0, 0.05) is 19.6 Å². The Labute approximate surface area is 236 Å². The van der Waals surface area contributed by atoms with Crippen LogP contribution in [0.15, 0.2) is 24.5 Å². The van der Waals surface area contributed by atoms with E-state index in [2.05, 4.69) is 6.92 Å². The Hall–Kier alpha value is -1.31. The summed E-state index contributed by atoms with van der Waals surface area (Å²) in [7, 11) is -4.42. The average molecular weight is 571 g/mol. The largest absolute Gasteiger partial charge is 0.473 e. The molecule has 4 atom stereocenters. The van der Waals surface area contributed by atoms with Crippen molar-refractivity contribution in [2.75, 3.05) is 13.2 Å². The molecular formula is C30H53NO7P+. The topological polar surface area (TPSA) is 95.2 Å². The number of phosphoric ester groups is 1. The van der Waals surface area contributed by atoms with Crippen molar-refractivity contribution in [2.24, 2.45) is 0 Å². The van der Waals surface area contributed by atoms with Crippen LogP contribution in [0.4, 0.5) is 0 Å². The molecule has 4 unspecified atom stereocenters. The number of hydrogen-bond donors (Lipinski definition) is 1. The minimum absolute atomic E-state index is 0.298. The molecule has 1 aromatic rings. The lowest BCUT2D eigenvalue weighted by atomic mass is 10.0. The molecule has 8 nitrogen and oxygen atoms in total. The number of esters is 1. The number of pyridine rings is 1. The van der Waals surface area contributed by atoms with Gasteiger partial charge in [0.15, 0.2) is 30.6 Å². The molecule has 0 spiro atoms. The van der Waals surface area contributed by atoms with Gasteiger partial charge >= 0.3 is 13.8 Å². The highest BCUT2D eigenvalue weighted by Crippen LogP contribution is 2.51. The maximum Gasteiger partial charge on any atom is 0.473 e. The Morgan fingerprint density at radius 2 is 1.59 bits per heavy atom. The third-order valence-corrected chi connectivity index (χ3v) is 8.50. The Bertz CT molecular complexity index is 883. The molecule has 0 fully saturated rings. The molecule has 0 saturated heterocycles. The maximum absolute atomic E-state index is 12.7. The number of unbranched alkanes of at least 4 members (excludes halogenated alkanes) is 13. The predicted molar refractivity (Wildman–Crippen MR) is 152 cm³/mol. The highest BCUT2D eigenvalue weighted by molar-refractivity contribution is 7.47. The van der Waals surface area contributed by atoms with Crippen LogP contribution in [0.5, 0.6) is 0 Å². The lowest BCUT2D eigenvalue weighted by molar-refractivity contribution is -0.699. The van der Waals surface area contributed by atoms with Crippen molar-refractivity contribution in [3.05, 3.63) is 30.1 Å². The van der Waals surface area contributed by atoms with Gasteiger partial charge in [-0.15, -0.1) is 0 Å². The van der Waals surface area contributed by atoms with Crippen LogP contribution in [0.25, 0.3) is 0 Å². The van der Waals surface area contributed by atoms with Gasteiger partial charge in [0.1, 0.15) is 0 Å². The Morgan fingerprint density at radius 1 is 1.03 bits per heavy atom. The Balaban J connectivity index is 1.58. The first-order chi connectivity index (χ1) is 18.6. The number of ether oxygens (including phenoxy) is 2. The fraction of sp³-hybridized carbons (Fsp3) is 0.800. The van der Waals surface area contributed by atoms with Crippen molar-refractivity contribution < 1.29 is 37.3 Å². The average Bonchev–Trinajstić information content (AvgIpc) is 3.09. The van der Waals surface area contributed by atoms with Crippen LogP contribution in [-0.2, 0) is 40.0 Å². The summed E-state index contributed by atoms with van der Waals surface area (Å²) in [6.45, 7) is 7.74. The summed E-state index contributed by atoms with van der Waals surface area (Å²) in [5.74, 6) is -0.501. The van der Waals surface area contributed by atoms with E-state index in [9.17, 15) is 14.3 Å². The zero-order valence-corrected chi connectivity index (χ0v) is 25.7. The second kappa shape index (κ2) is 18.2. The van der Waals surface area contributed by atoms with Crippen LogP contribution in [-0.4, -0.2) is 36.3 Å². The zero-order valence-electron chi connectivity index (χ0n) is 24.8. The summed E-state index contributed by atoms with van der Waals surface area (Å²) in [5, 5.41) is 0. The van der Waals surface area contributed by atoms with E-state index in [-0.39, 0.29) is 6.61 Å². The van der Waals surface area contributed by atoms with Crippen molar-refractivity contribution in [3.8, 4) is 0 Å².